The molecule has 0 amide bonds. The van der Waals surface area contributed by atoms with Crippen LogP contribution in [0.4, 0.5) is 11.4 Å². The van der Waals surface area contributed by atoms with E-state index >= 15 is 0 Å². The van der Waals surface area contributed by atoms with E-state index in [-0.39, 0.29) is 4.90 Å². The molecule has 2 N–H and O–H groups in total. The Morgan fingerprint density at radius 3 is 2.20 bits per heavy atom. The van der Waals surface area contributed by atoms with Crippen molar-refractivity contribution in [3.8, 4) is 0 Å². The van der Waals surface area contributed by atoms with Crippen LogP contribution < -0.4 is 10.0 Å². The minimum atomic E-state index is -3.72. The maximum Gasteiger partial charge on any atom is 0.263 e. The molecule has 0 heterocycles. The van der Waals surface area contributed by atoms with Crippen molar-refractivity contribution in [1.29, 1.82) is 0 Å². The lowest BCUT2D eigenvalue weighted by molar-refractivity contribution is 0.601. The van der Waals surface area contributed by atoms with E-state index in [0.29, 0.717) is 21.4 Å². The molecule has 0 aliphatic rings. The lowest BCUT2D eigenvalue weighted by Gasteiger charge is -2.12. The first kappa shape index (κ1) is 15.0. The first-order valence-corrected chi connectivity index (χ1v) is 7.92. The van der Waals surface area contributed by atoms with Crippen molar-refractivity contribution >= 4 is 44.6 Å². The number of para-hydroxylation sites is 1. The Morgan fingerprint density at radius 2 is 1.60 bits per heavy atom. The predicted molar refractivity (Wildman–Crippen MR) is 83.3 cm³/mol. The highest BCUT2D eigenvalue weighted by atomic mass is 35.5. The standard InChI is InChI=1S/C13H12Cl2N2O2S/c1-16-12-4-2-3-5-13(12)20(18,19)17-11-7-9(14)6-10(15)8-11/h2-8,16-17H,1H3. The van der Waals surface area contributed by atoms with Gasteiger partial charge in [-0.15, -0.1) is 0 Å². The zero-order valence-corrected chi connectivity index (χ0v) is 12.9. The van der Waals surface area contributed by atoms with Crippen LogP contribution in [0.25, 0.3) is 0 Å². The normalized spacial score (nSPS) is 11.2. The van der Waals surface area contributed by atoms with E-state index in [4.69, 9.17) is 23.2 Å². The summed E-state index contributed by atoms with van der Waals surface area (Å²) in [5.74, 6) is 0. The fourth-order valence-electron chi connectivity index (χ4n) is 1.73. The van der Waals surface area contributed by atoms with Crippen molar-refractivity contribution in [1.82, 2.24) is 0 Å². The molecule has 7 heteroatoms. The molecule has 0 unspecified atom stereocenters. The number of hydrogen-bond acceptors (Lipinski definition) is 3. The summed E-state index contributed by atoms with van der Waals surface area (Å²) in [5.41, 5.74) is 0.821. The van der Waals surface area contributed by atoms with Crippen LogP contribution in [0.5, 0.6) is 0 Å². The molecule has 2 rings (SSSR count). The van der Waals surface area contributed by atoms with Gasteiger partial charge < -0.3 is 5.32 Å². The van der Waals surface area contributed by atoms with E-state index in [1.807, 2.05) is 0 Å². The monoisotopic (exact) mass is 330 g/mol. The summed E-state index contributed by atoms with van der Waals surface area (Å²) in [6, 6.07) is 11.1. The molecule has 2 aromatic rings. The number of nitrogens with one attached hydrogen (secondary N) is 2. The van der Waals surface area contributed by atoms with Gasteiger partial charge in [-0.25, -0.2) is 8.42 Å². The third kappa shape index (κ3) is 3.36. The predicted octanol–water partition coefficient (Wildman–Crippen LogP) is 3.84. The van der Waals surface area contributed by atoms with Crippen LogP contribution in [0.15, 0.2) is 47.4 Å². The average molecular weight is 331 g/mol. The van der Waals surface area contributed by atoms with Crippen molar-refractivity contribution in [3.05, 3.63) is 52.5 Å². The van der Waals surface area contributed by atoms with Gasteiger partial charge in [0.1, 0.15) is 4.90 Å². The second kappa shape index (κ2) is 5.91. The van der Waals surface area contributed by atoms with Crippen LogP contribution in [0, 0.1) is 0 Å². The van der Waals surface area contributed by atoms with Crippen molar-refractivity contribution < 1.29 is 8.42 Å². The van der Waals surface area contributed by atoms with Gasteiger partial charge in [0, 0.05) is 17.1 Å². The Balaban J connectivity index is 2.41. The molecule has 0 fully saturated rings. The molecule has 0 saturated carbocycles. The first-order chi connectivity index (χ1) is 9.42. The number of halogens is 2. The van der Waals surface area contributed by atoms with Crippen molar-refractivity contribution in [2.45, 2.75) is 4.90 Å². The van der Waals surface area contributed by atoms with Crippen LogP contribution in [-0.2, 0) is 10.0 Å². The average Bonchev–Trinajstić information content (AvgIpc) is 2.36. The maximum absolute atomic E-state index is 12.4. The van der Waals surface area contributed by atoms with E-state index in [1.165, 1.54) is 24.3 Å². The quantitative estimate of drug-likeness (QED) is 0.895. The van der Waals surface area contributed by atoms with Gasteiger partial charge in [-0.1, -0.05) is 35.3 Å². The molecular weight excluding hydrogens is 319 g/mol. The van der Waals surface area contributed by atoms with Gasteiger partial charge in [-0.05, 0) is 30.3 Å². The topological polar surface area (TPSA) is 58.2 Å². The highest BCUT2D eigenvalue weighted by Crippen LogP contribution is 2.27. The molecule has 0 spiro atoms. The second-order valence-electron chi connectivity index (χ2n) is 4.01. The third-order valence-corrected chi connectivity index (χ3v) is 4.44. The molecule has 0 aromatic heterocycles. The molecule has 0 atom stereocenters. The van der Waals surface area contributed by atoms with Gasteiger partial charge in [-0.2, -0.15) is 0 Å². The Bertz CT molecular complexity index is 713. The molecule has 0 aliphatic heterocycles. The summed E-state index contributed by atoms with van der Waals surface area (Å²) in [7, 11) is -2.06. The lowest BCUT2D eigenvalue weighted by atomic mass is 10.3. The van der Waals surface area contributed by atoms with Gasteiger partial charge >= 0.3 is 0 Å². The number of benzene rings is 2. The first-order valence-electron chi connectivity index (χ1n) is 5.68. The van der Waals surface area contributed by atoms with Gasteiger partial charge in [0.2, 0.25) is 0 Å². The zero-order valence-electron chi connectivity index (χ0n) is 10.5. The Hall–Kier alpha value is -1.43. The highest BCUT2D eigenvalue weighted by molar-refractivity contribution is 7.92. The number of anilines is 2. The Labute approximate surface area is 127 Å². The fraction of sp³-hybridized carbons (Fsp3) is 0.0769. The molecule has 0 aliphatic carbocycles. The molecule has 2 aromatic carbocycles. The summed E-state index contributed by atoms with van der Waals surface area (Å²) in [4.78, 5) is 0.151. The number of hydrogen-bond donors (Lipinski definition) is 2. The zero-order chi connectivity index (χ0) is 14.8. The molecule has 4 nitrogen and oxygen atoms in total. The Kier molecular flexibility index (Phi) is 4.42. The number of sulfonamides is 1. The minimum Gasteiger partial charge on any atom is -0.387 e. The Morgan fingerprint density at radius 1 is 1.00 bits per heavy atom. The molecule has 20 heavy (non-hydrogen) atoms. The van der Waals surface area contributed by atoms with Gasteiger partial charge in [0.25, 0.3) is 10.0 Å². The summed E-state index contributed by atoms with van der Waals surface area (Å²) >= 11 is 11.7. The van der Waals surface area contributed by atoms with E-state index in [1.54, 1.807) is 25.2 Å². The minimum absolute atomic E-state index is 0.151. The molecule has 0 bridgehead atoms. The summed E-state index contributed by atoms with van der Waals surface area (Å²) in [6.07, 6.45) is 0. The van der Waals surface area contributed by atoms with Crippen molar-refractivity contribution in [2.75, 3.05) is 17.1 Å². The van der Waals surface area contributed by atoms with Crippen LogP contribution >= 0.6 is 23.2 Å². The molecular formula is C13H12Cl2N2O2S. The van der Waals surface area contributed by atoms with E-state index in [9.17, 15) is 8.42 Å². The summed E-state index contributed by atoms with van der Waals surface area (Å²) in [6.45, 7) is 0. The smallest absolute Gasteiger partial charge is 0.263 e. The molecule has 0 radical (unpaired) electrons. The largest absolute Gasteiger partial charge is 0.387 e. The number of rotatable bonds is 4. The van der Waals surface area contributed by atoms with Crippen LogP contribution in [0.3, 0.4) is 0 Å². The van der Waals surface area contributed by atoms with Crippen molar-refractivity contribution in [2.24, 2.45) is 0 Å². The van der Waals surface area contributed by atoms with E-state index in [2.05, 4.69) is 10.0 Å². The second-order valence-corrected chi connectivity index (χ2v) is 6.53. The highest BCUT2D eigenvalue weighted by Gasteiger charge is 2.18. The lowest BCUT2D eigenvalue weighted by Crippen LogP contribution is -2.14. The van der Waals surface area contributed by atoms with Crippen LogP contribution in [0.2, 0.25) is 10.0 Å². The fourth-order valence-corrected chi connectivity index (χ4v) is 3.51. The van der Waals surface area contributed by atoms with Gasteiger partial charge in [0.15, 0.2) is 0 Å². The van der Waals surface area contributed by atoms with Crippen LogP contribution in [0.1, 0.15) is 0 Å². The van der Waals surface area contributed by atoms with Gasteiger partial charge in [0.05, 0.1) is 11.4 Å². The molecule has 106 valence electrons. The van der Waals surface area contributed by atoms with E-state index in [0.717, 1.165) is 0 Å². The maximum atomic E-state index is 12.4. The van der Waals surface area contributed by atoms with E-state index < -0.39 is 10.0 Å². The SMILES string of the molecule is CNc1ccccc1S(=O)(=O)Nc1cc(Cl)cc(Cl)c1. The van der Waals surface area contributed by atoms with Gasteiger partial charge in [-0.3, -0.25) is 4.72 Å². The molecule has 0 saturated heterocycles. The van der Waals surface area contributed by atoms with Crippen LogP contribution in [-0.4, -0.2) is 15.5 Å². The summed E-state index contributed by atoms with van der Waals surface area (Å²) < 4.78 is 27.2. The van der Waals surface area contributed by atoms with Crippen molar-refractivity contribution in [3.63, 3.8) is 0 Å². The third-order valence-electron chi connectivity index (χ3n) is 2.56. The summed E-state index contributed by atoms with van der Waals surface area (Å²) in [5, 5.41) is 3.56.